The van der Waals surface area contributed by atoms with E-state index >= 15 is 0 Å². The molecule has 0 atom stereocenters. The van der Waals surface area contributed by atoms with Gasteiger partial charge >= 0.3 is 0 Å². The van der Waals surface area contributed by atoms with Crippen LogP contribution in [0.25, 0.3) is 0 Å². The van der Waals surface area contributed by atoms with E-state index in [9.17, 15) is 0 Å². The number of hydrogen-bond donors (Lipinski definition) is 1. The predicted molar refractivity (Wildman–Crippen MR) is 126 cm³/mol. The summed E-state index contributed by atoms with van der Waals surface area (Å²) in [5, 5.41) is 2.45. The number of halogens is 1. The highest BCUT2D eigenvalue weighted by atomic mass is 35.5. The maximum absolute atomic E-state index is 2.45. The molecule has 2 heteroatoms. The normalized spacial score (nSPS) is 11.3. The van der Waals surface area contributed by atoms with Gasteiger partial charge in [-0.1, -0.05) is 108 Å². The summed E-state index contributed by atoms with van der Waals surface area (Å²) < 4.78 is 0. The molecule has 0 aromatic heterocycles. The minimum atomic E-state index is 0. The van der Waals surface area contributed by atoms with Gasteiger partial charge in [0.25, 0.3) is 0 Å². The number of unbranched alkanes of at least 4 members (excludes halogenated alkanes) is 11. The first-order chi connectivity index (χ1) is 13.8. The van der Waals surface area contributed by atoms with E-state index in [4.69, 9.17) is 0 Å². The fourth-order valence-corrected chi connectivity index (χ4v) is 3.72. The summed E-state index contributed by atoms with van der Waals surface area (Å²) in [6, 6.07) is 10.8. The Kier molecular flexibility index (Phi) is 21.3. The number of allylic oxidation sites excluding steroid dienone is 2. The summed E-state index contributed by atoms with van der Waals surface area (Å²) in [7, 11) is 0. The Hall–Kier alpha value is -0.790. The third-order valence-electron chi connectivity index (χ3n) is 5.57. The zero-order valence-corrected chi connectivity index (χ0v) is 20.1. The molecule has 168 valence electrons. The lowest BCUT2D eigenvalue weighted by Gasteiger charge is -2.03. The van der Waals surface area contributed by atoms with E-state index in [0.29, 0.717) is 0 Å². The van der Waals surface area contributed by atoms with Crippen molar-refractivity contribution in [3.05, 3.63) is 48.0 Å². The summed E-state index contributed by atoms with van der Waals surface area (Å²) in [5.74, 6) is 0.881. The monoisotopic (exact) mass is 421 g/mol. The Morgan fingerprint density at radius 2 is 1.21 bits per heavy atom. The maximum Gasteiger partial charge on any atom is 0.101 e. The summed E-state index contributed by atoms with van der Waals surface area (Å²) in [6.07, 6.45) is 24.4. The predicted octanol–water partition coefficient (Wildman–Crippen LogP) is 4.43. The van der Waals surface area contributed by atoms with Gasteiger partial charge in [0.05, 0.1) is 6.54 Å². The molecule has 0 amide bonds. The quantitative estimate of drug-likeness (QED) is 0.251. The zero-order valence-electron chi connectivity index (χ0n) is 19.4. The van der Waals surface area contributed by atoms with Gasteiger partial charge in [0.15, 0.2) is 0 Å². The van der Waals surface area contributed by atoms with Crippen LogP contribution in [0.4, 0.5) is 0 Å². The number of hydrogen-bond acceptors (Lipinski definition) is 0. The highest BCUT2D eigenvalue weighted by Crippen LogP contribution is 2.12. The van der Waals surface area contributed by atoms with E-state index in [0.717, 1.165) is 12.5 Å². The van der Waals surface area contributed by atoms with E-state index in [1.54, 1.807) is 0 Å². The van der Waals surface area contributed by atoms with E-state index in [2.05, 4.69) is 61.6 Å². The molecule has 0 aliphatic heterocycles. The van der Waals surface area contributed by atoms with E-state index in [1.165, 1.54) is 102 Å². The van der Waals surface area contributed by atoms with Crippen LogP contribution < -0.4 is 17.7 Å². The number of rotatable bonds is 19. The third-order valence-corrected chi connectivity index (χ3v) is 5.57. The molecule has 1 nitrogen and oxygen atoms in total. The van der Waals surface area contributed by atoms with Crippen LogP contribution in [0.3, 0.4) is 0 Å². The Morgan fingerprint density at radius 1 is 0.690 bits per heavy atom. The van der Waals surface area contributed by atoms with Crippen molar-refractivity contribution in [1.82, 2.24) is 0 Å². The molecule has 0 fully saturated rings. The van der Waals surface area contributed by atoms with Gasteiger partial charge in [-0.15, -0.1) is 0 Å². The van der Waals surface area contributed by atoms with E-state index in [-0.39, 0.29) is 12.4 Å². The largest absolute Gasteiger partial charge is 1.00 e. The van der Waals surface area contributed by atoms with Crippen LogP contribution in [0.1, 0.15) is 109 Å². The molecule has 0 spiro atoms. The van der Waals surface area contributed by atoms with Crippen molar-refractivity contribution < 1.29 is 17.7 Å². The van der Waals surface area contributed by atoms with Gasteiger partial charge in [-0.2, -0.15) is 0 Å². The second kappa shape index (κ2) is 21.9. The molecule has 29 heavy (non-hydrogen) atoms. The first-order valence-electron chi connectivity index (χ1n) is 12.3. The Morgan fingerprint density at radius 3 is 1.79 bits per heavy atom. The van der Waals surface area contributed by atoms with Gasteiger partial charge < -0.3 is 17.7 Å². The summed E-state index contributed by atoms with van der Waals surface area (Å²) in [5.41, 5.74) is 1.44. The smallest absolute Gasteiger partial charge is 0.101 e. The standard InChI is InChI=1S/C27H47N.ClH/c1-26(2)21-17-14-12-10-8-6-4-3-5-7-9-11-13-15-20-24-28-25-27-22-18-16-19-23-27;/h3-4,16,18-19,22-23,26,28H,5-15,17,20-21,24-25H2,1-2H3;1H/b4-3-;. The minimum Gasteiger partial charge on any atom is -1.00 e. The van der Waals surface area contributed by atoms with Crippen LogP contribution >= 0.6 is 0 Å². The van der Waals surface area contributed by atoms with Crippen LogP contribution in [0.5, 0.6) is 0 Å². The lowest BCUT2D eigenvalue weighted by molar-refractivity contribution is -0.671. The van der Waals surface area contributed by atoms with Gasteiger partial charge in [-0.05, 0) is 44.4 Å². The molecule has 0 bridgehead atoms. The van der Waals surface area contributed by atoms with Crippen molar-refractivity contribution in [2.45, 2.75) is 110 Å². The molecule has 1 aromatic rings. The molecule has 1 rings (SSSR count). The molecular weight excluding hydrogens is 374 g/mol. The van der Waals surface area contributed by atoms with Gasteiger partial charge in [0.2, 0.25) is 0 Å². The summed E-state index contributed by atoms with van der Waals surface area (Å²) >= 11 is 0. The number of nitrogens with two attached hydrogens (primary N) is 1. The van der Waals surface area contributed by atoms with Crippen LogP contribution in [-0.4, -0.2) is 6.54 Å². The summed E-state index contributed by atoms with van der Waals surface area (Å²) in [6.45, 7) is 7.07. The third kappa shape index (κ3) is 20.3. The first kappa shape index (κ1) is 28.2. The Bertz CT molecular complexity index is 455. The van der Waals surface area contributed by atoms with Crippen LogP contribution in [-0.2, 0) is 6.54 Å². The van der Waals surface area contributed by atoms with Crippen LogP contribution in [0, 0.1) is 5.92 Å². The number of benzene rings is 1. The van der Waals surface area contributed by atoms with Gasteiger partial charge in [0.1, 0.15) is 6.54 Å². The van der Waals surface area contributed by atoms with Crippen LogP contribution in [0.2, 0.25) is 0 Å². The number of quaternary nitrogens is 1. The molecule has 0 radical (unpaired) electrons. The highest BCUT2D eigenvalue weighted by molar-refractivity contribution is 5.12. The molecule has 2 N–H and O–H groups in total. The van der Waals surface area contributed by atoms with Crippen molar-refractivity contribution in [3.8, 4) is 0 Å². The topological polar surface area (TPSA) is 16.6 Å². The van der Waals surface area contributed by atoms with Crippen molar-refractivity contribution in [3.63, 3.8) is 0 Å². The Balaban J connectivity index is 0.00000784. The first-order valence-corrected chi connectivity index (χ1v) is 12.3. The fraction of sp³-hybridized carbons (Fsp3) is 0.704. The maximum atomic E-state index is 2.45. The van der Waals surface area contributed by atoms with Crippen molar-refractivity contribution in [1.29, 1.82) is 0 Å². The average molecular weight is 422 g/mol. The molecule has 0 saturated heterocycles. The van der Waals surface area contributed by atoms with Gasteiger partial charge in [-0.25, -0.2) is 0 Å². The van der Waals surface area contributed by atoms with Crippen molar-refractivity contribution in [2.24, 2.45) is 5.92 Å². The van der Waals surface area contributed by atoms with E-state index in [1.807, 2.05) is 0 Å². The molecular formula is C27H48ClN. The summed E-state index contributed by atoms with van der Waals surface area (Å²) in [4.78, 5) is 0. The molecule has 0 heterocycles. The lowest BCUT2D eigenvalue weighted by Crippen LogP contribution is -3.00. The molecule has 1 aromatic carbocycles. The van der Waals surface area contributed by atoms with Crippen molar-refractivity contribution >= 4 is 0 Å². The average Bonchev–Trinajstić information content (AvgIpc) is 2.70. The molecule has 0 aliphatic carbocycles. The minimum absolute atomic E-state index is 0. The molecule has 0 unspecified atom stereocenters. The van der Waals surface area contributed by atoms with Crippen LogP contribution in [0.15, 0.2) is 42.5 Å². The van der Waals surface area contributed by atoms with Crippen molar-refractivity contribution in [2.75, 3.05) is 6.54 Å². The lowest BCUT2D eigenvalue weighted by atomic mass is 10.0. The zero-order chi connectivity index (χ0) is 20.1. The Labute approximate surface area is 188 Å². The van der Waals surface area contributed by atoms with Gasteiger partial charge in [-0.3, -0.25) is 0 Å². The van der Waals surface area contributed by atoms with E-state index < -0.39 is 0 Å². The SMILES string of the molecule is CC(C)CCCCCCC/C=C\CCCCCCCC[NH2+]Cc1ccccc1.[Cl-]. The second-order valence-corrected chi connectivity index (χ2v) is 8.89. The second-order valence-electron chi connectivity index (χ2n) is 8.89. The van der Waals surface area contributed by atoms with Gasteiger partial charge in [0, 0.05) is 5.56 Å². The molecule has 0 aliphatic rings. The fourth-order valence-electron chi connectivity index (χ4n) is 3.72. The highest BCUT2D eigenvalue weighted by Gasteiger charge is 1.96. The molecule has 0 saturated carbocycles.